The topological polar surface area (TPSA) is 85.4 Å². The van der Waals surface area contributed by atoms with E-state index in [1.165, 1.54) is 6.07 Å². The quantitative estimate of drug-likeness (QED) is 0.567. The number of nitrogens with zero attached hydrogens (tertiary/aromatic N) is 1. The Labute approximate surface area is 138 Å². The van der Waals surface area contributed by atoms with Crippen LogP contribution < -0.4 is 5.32 Å². The van der Waals surface area contributed by atoms with E-state index in [1.807, 2.05) is 32.0 Å². The highest BCUT2D eigenvalue weighted by Crippen LogP contribution is 2.27. The van der Waals surface area contributed by atoms with Gasteiger partial charge in [0.15, 0.2) is 5.76 Å². The molecule has 1 N–H and O–H groups in total. The number of nitro groups is 1. The first-order chi connectivity index (χ1) is 11.5. The van der Waals surface area contributed by atoms with Gasteiger partial charge in [-0.25, -0.2) is 0 Å². The molecule has 0 aliphatic heterocycles. The molecule has 2 aromatic carbocycles. The number of para-hydroxylation sites is 1. The molecule has 0 bridgehead atoms. The molecule has 0 saturated heterocycles. The summed E-state index contributed by atoms with van der Waals surface area (Å²) in [5.74, 6) is -0.222. The molecular formula is C18H16N2O4. The lowest BCUT2D eigenvalue weighted by Crippen LogP contribution is -2.12. The molecule has 1 heterocycles. The van der Waals surface area contributed by atoms with Gasteiger partial charge in [-0.3, -0.25) is 14.9 Å². The molecule has 6 heteroatoms. The number of rotatable bonds is 4. The minimum Gasteiger partial charge on any atom is -0.451 e. The highest BCUT2D eigenvalue weighted by molar-refractivity contribution is 6.06. The van der Waals surface area contributed by atoms with E-state index in [-0.39, 0.29) is 11.4 Å². The van der Waals surface area contributed by atoms with Crippen LogP contribution in [0.25, 0.3) is 11.0 Å². The summed E-state index contributed by atoms with van der Waals surface area (Å²) >= 11 is 0. The van der Waals surface area contributed by atoms with Gasteiger partial charge in [0.2, 0.25) is 0 Å². The first-order valence-electron chi connectivity index (χ1n) is 7.58. The second kappa shape index (κ2) is 6.16. The van der Waals surface area contributed by atoms with E-state index in [0.717, 1.165) is 10.9 Å². The predicted molar refractivity (Wildman–Crippen MR) is 91.4 cm³/mol. The minimum absolute atomic E-state index is 0.00312. The standard InChI is InChI=1S/C18H16N2O4/c1-3-12-8-9-13(10-15(12)20(22)23)19-18(21)17-11(2)14-6-4-5-7-16(14)24-17/h4-10H,3H2,1-2H3,(H,19,21). The normalized spacial score (nSPS) is 10.8. The zero-order valence-electron chi connectivity index (χ0n) is 13.3. The van der Waals surface area contributed by atoms with E-state index in [0.29, 0.717) is 23.3 Å². The summed E-state index contributed by atoms with van der Waals surface area (Å²) in [5, 5.41) is 14.7. The Balaban J connectivity index is 1.93. The van der Waals surface area contributed by atoms with Crippen LogP contribution in [0.4, 0.5) is 11.4 Å². The summed E-state index contributed by atoms with van der Waals surface area (Å²) in [7, 11) is 0. The van der Waals surface area contributed by atoms with Crippen LogP contribution in [0.15, 0.2) is 46.9 Å². The first kappa shape index (κ1) is 15.7. The molecule has 0 saturated carbocycles. The smallest absolute Gasteiger partial charge is 0.291 e. The monoisotopic (exact) mass is 324 g/mol. The fourth-order valence-corrected chi connectivity index (χ4v) is 2.69. The van der Waals surface area contributed by atoms with Gasteiger partial charge >= 0.3 is 0 Å². The number of fused-ring (bicyclic) bond motifs is 1. The Bertz CT molecular complexity index is 943. The number of carbonyl (C=O) groups is 1. The van der Waals surface area contributed by atoms with Crippen LogP contribution >= 0.6 is 0 Å². The van der Waals surface area contributed by atoms with Crippen LogP contribution in [0.2, 0.25) is 0 Å². The Kier molecular flexibility index (Phi) is 4.04. The van der Waals surface area contributed by atoms with Crippen molar-refractivity contribution in [2.45, 2.75) is 20.3 Å². The molecule has 0 radical (unpaired) electrons. The maximum atomic E-state index is 12.5. The maximum Gasteiger partial charge on any atom is 0.291 e. The van der Waals surface area contributed by atoms with E-state index in [9.17, 15) is 14.9 Å². The molecule has 0 unspecified atom stereocenters. The van der Waals surface area contributed by atoms with Crippen molar-refractivity contribution < 1.29 is 14.1 Å². The van der Waals surface area contributed by atoms with Crippen molar-refractivity contribution in [3.63, 3.8) is 0 Å². The van der Waals surface area contributed by atoms with Crippen molar-refractivity contribution in [1.29, 1.82) is 0 Å². The second-order valence-electron chi connectivity index (χ2n) is 5.46. The van der Waals surface area contributed by atoms with Crippen molar-refractivity contribution in [3.8, 4) is 0 Å². The molecule has 0 atom stereocenters. The fraction of sp³-hybridized carbons (Fsp3) is 0.167. The number of nitrogens with one attached hydrogen (secondary N) is 1. The molecule has 122 valence electrons. The lowest BCUT2D eigenvalue weighted by Gasteiger charge is -2.06. The van der Waals surface area contributed by atoms with Crippen LogP contribution in [0.1, 0.15) is 28.6 Å². The molecule has 0 aliphatic rings. The van der Waals surface area contributed by atoms with Crippen molar-refractivity contribution in [2.75, 3.05) is 5.32 Å². The Hall–Kier alpha value is -3.15. The molecule has 24 heavy (non-hydrogen) atoms. The molecule has 3 aromatic rings. The summed E-state index contributed by atoms with van der Waals surface area (Å²) in [6.07, 6.45) is 0.549. The summed E-state index contributed by atoms with van der Waals surface area (Å²) < 4.78 is 5.61. The van der Waals surface area contributed by atoms with Gasteiger partial charge in [-0.05, 0) is 25.5 Å². The molecule has 1 amide bonds. The molecule has 6 nitrogen and oxygen atoms in total. The molecule has 1 aromatic heterocycles. The largest absolute Gasteiger partial charge is 0.451 e. The molecule has 3 rings (SSSR count). The lowest BCUT2D eigenvalue weighted by molar-refractivity contribution is -0.385. The van der Waals surface area contributed by atoms with Crippen molar-refractivity contribution in [3.05, 3.63) is 69.5 Å². The zero-order chi connectivity index (χ0) is 17.3. The Morgan fingerprint density at radius 1 is 1.25 bits per heavy atom. The van der Waals surface area contributed by atoms with Gasteiger partial charge in [0, 0.05) is 28.3 Å². The van der Waals surface area contributed by atoms with Gasteiger partial charge < -0.3 is 9.73 Å². The average molecular weight is 324 g/mol. The van der Waals surface area contributed by atoms with Gasteiger partial charge in [-0.2, -0.15) is 0 Å². The van der Waals surface area contributed by atoms with Crippen LogP contribution in [0.5, 0.6) is 0 Å². The van der Waals surface area contributed by atoms with Crippen molar-refractivity contribution in [2.24, 2.45) is 0 Å². The second-order valence-corrected chi connectivity index (χ2v) is 5.46. The van der Waals surface area contributed by atoms with Gasteiger partial charge in [0.05, 0.1) is 4.92 Å². The summed E-state index contributed by atoms with van der Waals surface area (Å²) in [6, 6.07) is 12.1. The highest BCUT2D eigenvalue weighted by Gasteiger charge is 2.19. The molecule has 0 spiro atoms. The third-order valence-corrected chi connectivity index (χ3v) is 3.97. The van der Waals surface area contributed by atoms with Gasteiger partial charge in [-0.15, -0.1) is 0 Å². The fourth-order valence-electron chi connectivity index (χ4n) is 2.69. The number of amides is 1. The van der Waals surface area contributed by atoms with E-state index >= 15 is 0 Å². The molecule has 0 aliphatic carbocycles. The van der Waals surface area contributed by atoms with Gasteiger partial charge in [-0.1, -0.05) is 31.2 Å². The number of nitro benzene ring substituents is 1. The minimum atomic E-state index is -0.444. The van der Waals surface area contributed by atoms with Crippen molar-refractivity contribution in [1.82, 2.24) is 0 Å². The van der Waals surface area contributed by atoms with Gasteiger partial charge in [0.25, 0.3) is 11.6 Å². The Morgan fingerprint density at radius 2 is 2.00 bits per heavy atom. The molecular weight excluding hydrogens is 308 g/mol. The number of anilines is 1. The van der Waals surface area contributed by atoms with Crippen LogP contribution in [0, 0.1) is 17.0 Å². The van der Waals surface area contributed by atoms with Crippen LogP contribution in [-0.2, 0) is 6.42 Å². The lowest BCUT2D eigenvalue weighted by atomic mass is 10.1. The highest BCUT2D eigenvalue weighted by atomic mass is 16.6. The molecule has 0 fully saturated rings. The number of hydrogen-bond acceptors (Lipinski definition) is 4. The van der Waals surface area contributed by atoms with E-state index in [2.05, 4.69) is 5.32 Å². The van der Waals surface area contributed by atoms with E-state index < -0.39 is 10.8 Å². The number of aryl methyl sites for hydroxylation is 2. The van der Waals surface area contributed by atoms with E-state index in [1.54, 1.807) is 18.2 Å². The van der Waals surface area contributed by atoms with E-state index in [4.69, 9.17) is 4.42 Å². The Morgan fingerprint density at radius 3 is 2.67 bits per heavy atom. The number of hydrogen-bond donors (Lipinski definition) is 1. The number of furan rings is 1. The van der Waals surface area contributed by atoms with Crippen molar-refractivity contribution >= 4 is 28.3 Å². The SMILES string of the molecule is CCc1ccc(NC(=O)c2oc3ccccc3c2C)cc1[N+](=O)[O-]. The third kappa shape index (κ3) is 2.74. The number of carbonyl (C=O) groups excluding carboxylic acids is 1. The van der Waals surface area contributed by atoms with Crippen LogP contribution in [-0.4, -0.2) is 10.8 Å². The summed E-state index contributed by atoms with van der Waals surface area (Å²) in [6.45, 7) is 3.65. The average Bonchev–Trinajstić information content (AvgIpc) is 2.92. The third-order valence-electron chi connectivity index (χ3n) is 3.97. The zero-order valence-corrected chi connectivity index (χ0v) is 13.3. The summed E-state index contributed by atoms with van der Waals surface area (Å²) in [5.41, 5.74) is 2.36. The van der Waals surface area contributed by atoms with Gasteiger partial charge in [0.1, 0.15) is 5.58 Å². The van der Waals surface area contributed by atoms with Crippen LogP contribution in [0.3, 0.4) is 0 Å². The first-order valence-corrected chi connectivity index (χ1v) is 7.58. The predicted octanol–water partition coefficient (Wildman–Crippen LogP) is 4.46. The maximum absolute atomic E-state index is 12.5. The summed E-state index contributed by atoms with van der Waals surface area (Å²) in [4.78, 5) is 23.2. The number of benzene rings is 2.